The number of carbonyl (C=O) groups is 2. The number of nitrogens with zero attached hydrogens (tertiary/aromatic N) is 1. The molecule has 1 saturated heterocycles. The second kappa shape index (κ2) is 7.41. The Kier molecular flexibility index (Phi) is 5.80. The Bertz CT molecular complexity index is 556. The van der Waals surface area contributed by atoms with Crippen molar-refractivity contribution in [3.8, 4) is 0 Å². The second-order valence-electron chi connectivity index (χ2n) is 5.57. The number of rotatable bonds is 4. The van der Waals surface area contributed by atoms with E-state index in [0.717, 1.165) is 42.1 Å². The van der Waals surface area contributed by atoms with Crippen LogP contribution in [0.1, 0.15) is 40.4 Å². The summed E-state index contributed by atoms with van der Waals surface area (Å²) in [6.07, 6.45) is 1.72. The lowest BCUT2D eigenvalue weighted by Crippen LogP contribution is -2.39. The van der Waals surface area contributed by atoms with Crippen molar-refractivity contribution >= 4 is 34.8 Å². The zero-order valence-corrected chi connectivity index (χ0v) is 14.1. The molecule has 8 heteroatoms. The Morgan fingerprint density at radius 3 is 2.68 bits per heavy atom. The molecule has 1 unspecified atom stereocenters. The fourth-order valence-electron chi connectivity index (χ4n) is 2.48. The fraction of sp³-hybridized carbons (Fsp3) is 0.571. The van der Waals surface area contributed by atoms with E-state index in [1.807, 2.05) is 6.92 Å². The van der Waals surface area contributed by atoms with Crippen LogP contribution in [0.5, 0.6) is 0 Å². The molecule has 0 radical (unpaired) electrons. The molecule has 2 heterocycles. The van der Waals surface area contributed by atoms with Crippen LogP contribution in [-0.4, -0.2) is 42.1 Å². The molecular weight excluding hydrogens is 326 g/mol. The fourth-order valence-corrected chi connectivity index (χ4v) is 3.81. The quantitative estimate of drug-likeness (QED) is 0.576. The summed E-state index contributed by atoms with van der Waals surface area (Å²) in [6, 6.07) is 1.42. The van der Waals surface area contributed by atoms with E-state index < -0.39 is 5.91 Å². The lowest BCUT2D eigenvalue weighted by atomic mass is 9.96. The Labute approximate surface area is 138 Å². The molecule has 22 heavy (non-hydrogen) atoms. The number of halogens is 1. The van der Waals surface area contributed by atoms with Crippen LogP contribution in [0.4, 0.5) is 0 Å². The number of carbonyl (C=O) groups excluding carboxylic acids is 2. The molecule has 3 N–H and O–H groups in total. The zero-order valence-electron chi connectivity index (χ0n) is 12.6. The zero-order chi connectivity index (χ0) is 16.3. The normalized spacial score (nSPS) is 18.0. The smallest absolute Gasteiger partial charge is 0.286 e. The Balaban J connectivity index is 1.98. The highest BCUT2D eigenvalue weighted by Gasteiger charge is 2.25. The highest BCUT2D eigenvalue weighted by Crippen LogP contribution is 2.31. The third kappa shape index (κ3) is 3.98. The summed E-state index contributed by atoms with van der Waals surface area (Å²) < 4.78 is 0. The van der Waals surface area contributed by atoms with Gasteiger partial charge in [0.1, 0.15) is 4.88 Å². The van der Waals surface area contributed by atoms with E-state index in [2.05, 4.69) is 17.3 Å². The maximum absolute atomic E-state index is 12.3. The van der Waals surface area contributed by atoms with Crippen LogP contribution in [0.25, 0.3) is 0 Å². The standard InChI is InChI=1S/C14H20ClN3O3S/c1-8(11-7-10(15)12(22-11)14(20)17-21)16-13(19)9-3-5-18(2)6-4-9/h7-9,21H,3-6H2,1-2H3,(H,16,19)(H,17,20). The van der Waals surface area contributed by atoms with Gasteiger partial charge >= 0.3 is 0 Å². The van der Waals surface area contributed by atoms with Gasteiger partial charge in [-0.2, -0.15) is 0 Å². The van der Waals surface area contributed by atoms with Crippen molar-refractivity contribution in [2.45, 2.75) is 25.8 Å². The van der Waals surface area contributed by atoms with E-state index >= 15 is 0 Å². The maximum atomic E-state index is 12.3. The van der Waals surface area contributed by atoms with Crippen molar-refractivity contribution in [3.05, 3.63) is 20.8 Å². The molecule has 122 valence electrons. The minimum absolute atomic E-state index is 0.0364. The van der Waals surface area contributed by atoms with Crippen molar-refractivity contribution in [1.29, 1.82) is 0 Å². The summed E-state index contributed by atoms with van der Waals surface area (Å²) in [5.41, 5.74) is 1.57. The summed E-state index contributed by atoms with van der Waals surface area (Å²) in [4.78, 5) is 27.0. The summed E-state index contributed by atoms with van der Waals surface area (Å²) in [6.45, 7) is 3.71. The van der Waals surface area contributed by atoms with Crippen LogP contribution in [0.15, 0.2) is 6.07 Å². The van der Waals surface area contributed by atoms with Crippen LogP contribution in [-0.2, 0) is 4.79 Å². The second-order valence-corrected chi connectivity index (χ2v) is 7.07. The molecule has 2 rings (SSSR count). The molecule has 1 aliphatic heterocycles. The lowest BCUT2D eigenvalue weighted by Gasteiger charge is -2.28. The molecule has 0 aliphatic carbocycles. The van der Waals surface area contributed by atoms with E-state index in [4.69, 9.17) is 16.8 Å². The highest BCUT2D eigenvalue weighted by atomic mass is 35.5. The number of thiophene rings is 1. The van der Waals surface area contributed by atoms with Gasteiger partial charge in [0, 0.05) is 10.8 Å². The number of hydrogen-bond donors (Lipinski definition) is 3. The van der Waals surface area contributed by atoms with Gasteiger partial charge in [-0.05, 0) is 46.0 Å². The molecule has 6 nitrogen and oxygen atoms in total. The molecule has 2 amide bonds. The molecule has 0 spiro atoms. The summed E-state index contributed by atoms with van der Waals surface area (Å²) >= 11 is 7.15. The molecule has 1 aromatic rings. The molecule has 0 bridgehead atoms. The summed E-state index contributed by atoms with van der Waals surface area (Å²) in [5, 5.41) is 11.9. The van der Waals surface area contributed by atoms with Gasteiger partial charge in [0.25, 0.3) is 5.91 Å². The molecule has 0 saturated carbocycles. The lowest BCUT2D eigenvalue weighted by molar-refractivity contribution is -0.127. The van der Waals surface area contributed by atoms with Crippen molar-refractivity contribution in [1.82, 2.24) is 15.7 Å². The largest absolute Gasteiger partial charge is 0.349 e. The van der Waals surface area contributed by atoms with Gasteiger partial charge in [-0.3, -0.25) is 14.8 Å². The monoisotopic (exact) mass is 345 g/mol. The predicted octanol–water partition coefficient (Wildman–Crippen LogP) is 2.04. The van der Waals surface area contributed by atoms with E-state index in [1.165, 1.54) is 0 Å². The van der Waals surface area contributed by atoms with Crippen molar-refractivity contribution in [2.75, 3.05) is 20.1 Å². The van der Waals surface area contributed by atoms with E-state index in [-0.39, 0.29) is 27.8 Å². The molecule has 1 aliphatic rings. The average molecular weight is 346 g/mol. The summed E-state index contributed by atoms with van der Waals surface area (Å²) in [7, 11) is 2.05. The SMILES string of the molecule is CC(NC(=O)C1CCN(C)CC1)c1cc(Cl)c(C(=O)NO)s1. The van der Waals surface area contributed by atoms with Crippen LogP contribution in [0.3, 0.4) is 0 Å². The number of nitrogens with one attached hydrogen (secondary N) is 2. The number of hydroxylamine groups is 1. The third-order valence-corrected chi connectivity index (χ3v) is 5.62. The third-order valence-electron chi connectivity index (χ3n) is 3.89. The van der Waals surface area contributed by atoms with Gasteiger partial charge < -0.3 is 10.2 Å². The van der Waals surface area contributed by atoms with Crippen LogP contribution >= 0.6 is 22.9 Å². The first kappa shape index (κ1) is 17.2. The van der Waals surface area contributed by atoms with Crippen LogP contribution in [0.2, 0.25) is 5.02 Å². The Morgan fingerprint density at radius 2 is 2.09 bits per heavy atom. The van der Waals surface area contributed by atoms with Crippen LogP contribution < -0.4 is 10.8 Å². The first-order valence-corrected chi connectivity index (χ1v) is 8.34. The number of amides is 2. The molecule has 0 aromatic carbocycles. The first-order chi connectivity index (χ1) is 10.4. The average Bonchev–Trinajstić information content (AvgIpc) is 2.89. The highest BCUT2D eigenvalue weighted by molar-refractivity contribution is 7.14. The molecule has 1 atom stereocenters. The topological polar surface area (TPSA) is 81.7 Å². The summed E-state index contributed by atoms with van der Waals surface area (Å²) in [5.74, 6) is -0.567. The van der Waals surface area contributed by atoms with Gasteiger partial charge in [-0.1, -0.05) is 11.6 Å². The van der Waals surface area contributed by atoms with E-state index in [0.29, 0.717) is 0 Å². The van der Waals surface area contributed by atoms with E-state index in [1.54, 1.807) is 11.5 Å². The van der Waals surface area contributed by atoms with Crippen molar-refractivity contribution in [2.24, 2.45) is 5.92 Å². The molecular formula is C14H20ClN3O3S. The number of hydrogen-bond acceptors (Lipinski definition) is 5. The van der Waals surface area contributed by atoms with E-state index in [9.17, 15) is 9.59 Å². The van der Waals surface area contributed by atoms with Gasteiger partial charge in [0.05, 0.1) is 11.1 Å². The minimum Gasteiger partial charge on any atom is -0.349 e. The van der Waals surface area contributed by atoms with Gasteiger partial charge in [0.15, 0.2) is 0 Å². The molecule has 1 fully saturated rings. The van der Waals surface area contributed by atoms with Crippen LogP contribution in [0, 0.1) is 5.92 Å². The Hall–Kier alpha value is -1.15. The van der Waals surface area contributed by atoms with Gasteiger partial charge in [-0.25, -0.2) is 5.48 Å². The van der Waals surface area contributed by atoms with Crippen molar-refractivity contribution in [3.63, 3.8) is 0 Å². The minimum atomic E-state index is -0.643. The molecule has 1 aromatic heterocycles. The van der Waals surface area contributed by atoms with Gasteiger partial charge in [-0.15, -0.1) is 11.3 Å². The van der Waals surface area contributed by atoms with Gasteiger partial charge in [0.2, 0.25) is 5.91 Å². The Morgan fingerprint density at radius 1 is 1.45 bits per heavy atom. The van der Waals surface area contributed by atoms with Crippen molar-refractivity contribution < 1.29 is 14.8 Å². The maximum Gasteiger partial charge on any atom is 0.286 e. The first-order valence-electron chi connectivity index (χ1n) is 7.15. The number of piperidine rings is 1. The number of likely N-dealkylation sites (tertiary alicyclic amines) is 1. The predicted molar refractivity (Wildman–Crippen MR) is 85.4 cm³/mol.